The van der Waals surface area contributed by atoms with Crippen LogP contribution in [-0.2, 0) is 4.79 Å². The quantitative estimate of drug-likeness (QED) is 0.584. The summed E-state index contributed by atoms with van der Waals surface area (Å²) >= 11 is 0. The SMILES string of the molecule is COc1ccc(-n2nc(C(=O)NCC(=O)N3CC(C)CC(C)C3)c3ccccc3c2=O)c(OC)c1. The Balaban J connectivity index is 1.68. The summed E-state index contributed by atoms with van der Waals surface area (Å²) in [4.78, 5) is 41.1. The van der Waals surface area contributed by atoms with Gasteiger partial charge in [0.2, 0.25) is 5.91 Å². The lowest BCUT2D eigenvalue weighted by Crippen LogP contribution is -2.47. The van der Waals surface area contributed by atoms with Gasteiger partial charge in [-0.2, -0.15) is 9.78 Å². The molecule has 1 aromatic heterocycles. The number of piperidine rings is 1. The summed E-state index contributed by atoms with van der Waals surface area (Å²) in [6.45, 7) is 5.48. The average Bonchev–Trinajstić information content (AvgIpc) is 2.86. The number of nitrogens with one attached hydrogen (secondary N) is 1. The standard InChI is InChI=1S/C26H30N4O5/c1-16-11-17(2)15-29(14-16)23(31)13-27-25(32)24-19-7-5-6-8-20(19)26(33)30(28-24)21-10-9-18(34-3)12-22(21)35-4/h5-10,12,16-17H,11,13-15H2,1-4H3,(H,27,32). The van der Waals surface area contributed by atoms with E-state index in [1.807, 2.05) is 0 Å². The van der Waals surface area contributed by atoms with Crippen molar-refractivity contribution in [3.05, 3.63) is 58.5 Å². The Bertz CT molecular complexity index is 1310. The molecule has 3 aromatic rings. The first-order valence-corrected chi connectivity index (χ1v) is 11.6. The van der Waals surface area contributed by atoms with Crippen LogP contribution >= 0.6 is 0 Å². The van der Waals surface area contributed by atoms with Gasteiger partial charge in [0.15, 0.2) is 5.69 Å². The first-order valence-electron chi connectivity index (χ1n) is 11.6. The number of carbonyl (C=O) groups excluding carboxylic acids is 2. The largest absolute Gasteiger partial charge is 0.497 e. The van der Waals surface area contributed by atoms with Crippen molar-refractivity contribution in [1.29, 1.82) is 0 Å². The van der Waals surface area contributed by atoms with Crippen molar-refractivity contribution in [2.45, 2.75) is 20.3 Å². The van der Waals surface area contributed by atoms with Crippen molar-refractivity contribution in [3.63, 3.8) is 0 Å². The van der Waals surface area contributed by atoms with Gasteiger partial charge in [-0.15, -0.1) is 0 Å². The molecule has 2 unspecified atom stereocenters. The normalized spacial score (nSPS) is 17.8. The van der Waals surface area contributed by atoms with Crippen molar-refractivity contribution in [3.8, 4) is 17.2 Å². The van der Waals surface area contributed by atoms with Crippen molar-refractivity contribution in [2.75, 3.05) is 33.9 Å². The number of hydrogen-bond acceptors (Lipinski definition) is 6. The zero-order valence-electron chi connectivity index (χ0n) is 20.4. The van der Waals surface area contributed by atoms with E-state index < -0.39 is 11.5 Å². The first-order chi connectivity index (χ1) is 16.8. The molecule has 2 amide bonds. The van der Waals surface area contributed by atoms with Crippen LogP contribution in [0.25, 0.3) is 16.5 Å². The molecule has 2 atom stereocenters. The fraction of sp³-hybridized carbons (Fsp3) is 0.385. The summed E-state index contributed by atoms with van der Waals surface area (Å²) < 4.78 is 11.8. The zero-order chi connectivity index (χ0) is 25.1. The third-order valence-electron chi connectivity index (χ3n) is 6.26. The molecule has 0 aliphatic carbocycles. The van der Waals surface area contributed by atoms with Gasteiger partial charge < -0.3 is 19.7 Å². The fourth-order valence-corrected chi connectivity index (χ4v) is 4.70. The van der Waals surface area contributed by atoms with Gasteiger partial charge in [-0.25, -0.2) is 0 Å². The molecule has 0 spiro atoms. The molecule has 1 aliphatic rings. The molecule has 35 heavy (non-hydrogen) atoms. The summed E-state index contributed by atoms with van der Waals surface area (Å²) in [6, 6.07) is 11.7. The summed E-state index contributed by atoms with van der Waals surface area (Å²) in [5, 5.41) is 7.84. The maximum absolute atomic E-state index is 13.3. The number of carbonyl (C=O) groups is 2. The van der Waals surface area contributed by atoms with E-state index in [1.54, 1.807) is 47.4 Å². The summed E-state index contributed by atoms with van der Waals surface area (Å²) in [6.07, 6.45) is 1.09. The van der Waals surface area contributed by atoms with Crippen molar-refractivity contribution in [2.24, 2.45) is 11.8 Å². The highest BCUT2D eigenvalue weighted by Crippen LogP contribution is 2.27. The average molecular weight is 479 g/mol. The molecule has 2 aromatic carbocycles. The summed E-state index contributed by atoms with van der Waals surface area (Å²) in [7, 11) is 3.01. The van der Waals surface area contributed by atoms with Crippen LogP contribution in [0.2, 0.25) is 0 Å². The van der Waals surface area contributed by atoms with Crippen LogP contribution in [0.5, 0.6) is 11.5 Å². The van der Waals surface area contributed by atoms with Gasteiger partial charge in [-0.3, -0.25) is 14.4 Å². The van der Waals surface area contributed by atoms with Gasteiger partial charge >= 0.3 is 0 Å². The van der Waals surface area contributed by atoms with Crippen LogP contribution in [0, 0.1) is 11.8 Å². The summed E-state index contributed by atoms with van der Waals surface area (Å²) in [5.74, 6) is 1.10. The van der Waals surface area contributed by atoms with E-state index in [0.717, 1.165) is 11.1 Å². The minimum atomic E-state index is -0.533. The fourth-order valence-electron chi connectivity index (χ4n) is 4.70. The molecule has 1 aliphatic heterocycles. The van der Waals surface area contributed by atoms with Crippen molar-refractivity contribution < 1.29 is 19.1 Å². The van der Waals surface area contributed by atoms with Crippen molar-refractivity contribution in [1.82, 2.24) is 20.0 Å². The highest BCUT2D eigenvalue weighted by atomic mass is 16.5. The van der Waals surface area contributed by atoms with Crippen LogP contribution in [0.4, 0.5) is 0 Å². The number of hydrogen-bond donors (Lipinski definition) is 1. The minimum absolute atomic E-state index is 0.0475. The molecule has 0 bridgehead atoms. The smallest absolute Gasteiger partial charge is 0.279 e. The van der Waals surface area contributed by atoms with Crippen LogP contribution < -0.4 is 20.3 Å². The first kappa shape index (κ1) is 24.3. The Morgan fingerprint density at radius 2 is 1.71 bits per heavy atom. The van der Waals surface area contributed by atoms with Gasteiger partial charge in [0.05, 0.1) is 26.2 Å². The Morgan fingerprint density at radius 1 is 1.03 bits per heavy atom. The third kappa shape index (κ3) is 4.99. The number of likely N-dealkylation sites (tertiary alicyclic amines) is 1. The molecule has 1 N–H and O–H groups in total. The number of amides is 2. The lowest BCUT2D eigenvalue weighted by Gasteiger charge is -2.35. The van der Waals surface area contributed by atoms with Gasteiger partial charge in [0, 0.05) is 24.5 Å². The second-order valence-electron chi connectivity index (χ2n) is 9.08. The predicted molar refractivity (Wildman–Crippen MR) is 132 cm³/mol. The Hall–Kier alpha value is -3.88. The Kier molecular flexibility index (Phi) is 7.04. The maximum atomic E-state index is 13.3. The number of aromatic nitrogens is 2. The number of methoxy groups -OCH3 is 2. The van der Waals surface area contributed by atoms with E-state index in [1.165, 1.54) is 14.2 Å². The van der Waals surface area contributed by atoms with Crippen LogP contribution in [-0.4, -0.2) is 60.3 Å². The number of ether oxygens (including phenoxy) is 2. The monoisotopic (exact) mass is 478 g/mol. The second-order valence-corrected chi connectivity index (χ2v) is 9.08. The number of rotatable bonds is 6. The lowest BCUT2D eigenvalue weighted by molar-refractivity contribution is -0.132. The number of nitrogens with zero attached hydrogens (tertiary/aromatic N) is 3. The lowest BCUT2D eigenvalue weighted by atomic mass is 9.92. The van der Waals surface area contributed by atoms with Crippen LogP contribution in [0.3, 0.4) is 0 Å². The van der Waals surface area contributed by atoms with Gasteiger partial charge in [0.1, 0.15) is 17.2 Å². The predicted octanol–water partition coefficient (Wildman–Crippen LogP) is 2.64. The number of benzene rings is 2. The summed E-state index contributed by atoms with van der Waals surface area (Å²) in [5.41, 5.74) is 0.0182. The molecule has 0 radical (unpaired) electrons. The Morgan fingerprint density at radius 3 is 2.37 bits per heavy atom. The molecule has 184 valence electrons. The van der Waals surface area contributed by atoms with Crippen LogP contribution in [0.1, 0.15) is 30.8 Å². The molecule has 9 nitrogen and oxygen atoms in total. The topological polar surface area (TPSA) is 103 Å². The van der Waals surface area contributed by atoms with E-state index in [0.29, 0.717) is 52.9 Å². The molecule has 1 fully saturated rings. The molecule has 2 heterocycles. The highest BCUT2D eigenvalue weighted by Gasteiger charge is 2.26. The van der Waals surface area contributed by atoms with Gasteiger partial charge in [0.25, 0.3) is 11.5 Å². The molecule has 4 rings (SSSR count). The van der Waals surface area contributed by atoms with E-state index in [-0.39, 0.29) is 18.1 Å². The van der Waals surface area contributed by atoms with Crippen LogP contribution in [0.15, 0.2) is 47.3 Å². The van der Waals surface area contributed by atoms with E-state index in [2.05, 4.69) is 24.3 Å². The highest BCUT2D eigenvalue weighted by molar-refractivity contribution is 6.05. The molecule has 0 saturated carbocycles. The minimum Gasteiger partial charge on any atom is -0.497 e. The molecule has 9 heteroatoms. The van der Waals surface area contributed by atoms with Crippen molar-refractivity contribution >= 4 is 22.6 Å². The van der Waals surface area contributed by atoms with E-state index in [4.69, 9.17) is 9.47 Å². The Labute approximate surface area is 203 Å². The second kappa shape index (κ2) is 10.2. The molecular weight excluding hydrogens is 448 g/mol. The maximum Gasteiger partial charge on any atom is 0.279 e. The van der Waals surface area contributed by atoms with Gasteiger partial charge in [-0.1, -0.05) is 32.0 Å². The van der Waals surface area contributed by atoms with Gasteiger partial charge in [-0.05, 0) is 36.5 Å². The number of fused-ring (bicyclic) bond motifs is 1. The third-order valence-corrected chi connectivity index (χ3v) is 6.26. The van der Waals surface area contributed by atoms with E-state index >= 15 is 0 Å². The molecular formula is C26H30N4O5. The molecule has 1 saturated heterocycles. The van der Waals surface area contributed by atoms with E-state index in [9.17, 15) is 14.4 Å². The zero-order valence-corrected chi connectivity index (χ0v) is 20.4.